The summed E-state index contributed by atoms with van der Waals surface area (Å²) in [5.74, 6) is 1.92. The van der Waals surface area contributed by atoms with Crippen molar-refractivity contribution >= 4 is 36.0 Å². The Morgan fingerprint density at radius 2 is 0.877 bits per heavy atom. The van der Waals surface area contributed by atoms with Crippen LogP contribution in [0.5, 0.6) is 34.5 Å². The Kier molecular flexibility index (Phi) is 31.9. The Hall–Kier alpha value is -6.44. The van der Waals surface area contributed by atoms with Gasteiger partial charge in [0.05, 0.1) is 67.6 Å². The van der Waals surface area contributed by atoms with Crippen LogP contribution in [0.1, 0.15) is 157 Å². The van der Waals surface area contributed by atoms with Crippen molar-refractivity contribution in [3.05, 3.63) is 95.6 Å². The summed E-state index contributed by atoms with van der Waals surface area (Å²) in [4.78, 5) is 48.8. The van der Waals surface area contributed by atoms with E-state index in [0.29, 0.717) is 98.3 Å². The second kappa shape index (κ2) is 38.2. The first kappa shape index (κ1) is 60.9. The number of carbonyl (C=O) groups is 4. The summed E-state index contributed by atoms with van der Waals surface area (Å²) in [6, 6.07) is 16.3. The third kappa shape index (κ3) is 26.7. The third-order valence-corrected chi connectivity index (χ3v) is 11.5. The summed E-state index contributed by atoms with van der Waals surface area (Å²) in [6.07, 6.45) is 24.1. The van der Waals surface area contributed by atoms with Crippen LogP contribution in [0, 0.1) is 0 Å². The highest BCUT2D eigenvalue weighted by Crippen LogP contribution is 2.31. The fourth-order valence-corrected chi connectivity index (χ4v) is 7.28. The molecule has 0 amide bonds. The van der Waals surface area contributed by atoms with Crippen molar-refractivity contribution < 1.29 is 66.5 Å². The molecule has 0 aromatic heterocycles. The molecule has 0 bridgehead atoms. The lowest BCUT2D eigenvalue weighted by Crippen LogP contribution is -2.10. The number of rotatable bonds is 41. The molecule has 73 heavy (non-hydrogen) atoms. The molecule has 0 unspecified atom stereocenters. The van der Waals surface area contributed by atoms with Gasteiger partial charge in [-0.25, -0.2) is 19.2 Å². The van der Waals surface area contributed by atoms with Crippen molar-refractivity contribution in [1.82, 2.24) is 0 Å². The van der Waals surface area contributed by atoms with Gasteiger partial charge in [-0.05, 0) is 143 Å². The Morgan fingerprint density at radius 3 is 1.37 bits per heavy atom. The second-order valence-electron chi connectivity index (χ2n) is 17.6. The van der Waals surface area contributed by atoms with E-state index in [1.54, 1.807) is 51.5 Å². The molecule has 14 nitrogen and oxygen atoms in total. The molecule has 0 radical (unpaired) electrons. The number of ether oxygens (including phenoxy) is 10. The topological polar surface area (TPSA) is 161 Å². The van der Waals surface area contributed by atoms with E-state index in [1.807, 2.05) is 36.4 Å². The Morgan fingerprint density at radius 1 is 0.452 bits per heavy atom. The molecular formula is C59H82O14. The fourth-order valence-electron chi connectivity index (χ4n) is 7.28. The largest absolute Gasteiger partial charge is 0.494 e. The molecule has 0 fully saturated rings. The first-order valence-electron chi connectivity index (χ1n) is 26.2. The zero-order valence-corrected chi connectivity index (χ0v) is 44.3. The van der Waals surface area contributed by atoms with Crippen LogP contribution in [0.15, 0.2) is 78.9 Å². The van der Waals surface area contributed by atoms with Gasteiger partial charge in [0.25, 0.3) is 0 Å². The number of carbonyl (C=O) groups excluding carboxylic acids is 4. The number of hydrogen-bond acceptors (Lipinski definition) is 14. The summed E-state index contributed by atoms with van der Waals surface area (Å²) < 4.78 is 55.9. The summed E-state index contributed by atoms with van der Waals surface area (Å²) in [5, 5.41) is 0. The van der Waals surface area contributed by atoms with Crippen LogP contribution < -0.4 is 28.4 Å². The van der Waals surface area contributed by atoms with E-state index >= 15 is 0 Å². The SMILES string of the molecule is C=C(C)C(=O)OCCCCCCCCCCCOC(=O)c1cc(OCCCCCCOc2ccc(C=CC(=O)OC)cc2OC)ccc1OCCCCCCOC(=O)C=Cc1ccc(OCCCC)c(OC)c1. The lowest BCUT2D eigenvalue weighted by Gasteiger charge is -2.14. The van der Waals surface area contributed by atoms with Crippen LogP contribution in [0.2, 0.25) is 0 Å². The second-order valence-corrected chi connectivity index (χ2v) is 17.6. The van der Waals surface area contributed by atoms with Crippen molar-refractivity contribution in [1.29, 1.82) is 0 Å². The quantitative estimate of drug-likeness (QED) is 0.0228. The molecule has 0 saturated heterocycles. The van der Waals surface area contributed by atoms with E-state index < -0.39 is 17.9 Å². The van der Waals surface area contributed by atoms with Crippen molar-refractivity contribution in [3.63, 3.8) is 0 Å². The average Bonchev–Trinajstić information content (AvgIpc) is 3.40. The molecule has 3 rings (SSSR count). The van der Waals surface area contributed by atoms with Gasteiger partial charge in [0.15, 0.2) is 23.0 Å². The number of benzene rings is 3. The fraction of sp³-hybridized carbons (Fsp3) is 0.525. The molecule has 0 aliphatic rings. The van der Waals surface area contributed by atoms with Crippen molar-refractivity contribution in [2.24, 2.45) is 0 Å². The normalized spacial score (nSPS) is 11.0. The van der Waals surface area contributed by atoms with E-state index in [1.165, 1.54) is 19.3 Å². The molecule has 0 aliphatic heterocycles. The molecule has 0 spiro atoms. The van der Waals surface area contributed by atoms with Gasteiger partial charge in [-0.3, -0.25) is 0 Å². The van der Waals surface area contributed by atoms with Gasteiger partial charge >= 0.3 is 23.9 Å². The predicted molar refractivity (Wildman–Crippen MR) is 285 cm³/mol. The zero-order valence-electron chi connectivity index (χ0n) is 44.3. The van der Waals surface area contributed by atoms with Crippen LogP contribution in [0.4, 0.5) is 0 Å². The van der Waals surface area contributed by atoms with Crippen LogP contribution in [0.25, 0.3) is 12.2 Å². The van der Waals surface area contributed by atoms with Crippen molar-refractivity contribution in [2.75, 3.05) is 67.6 Å². The van der Waals surface area contributed by atoms with E-state index in [2.05, 4.69) is 18.2 Å². The predicted octanol–water partition coefficient (Wildman–Crippen LogP) is 13.1. The molecule has 0 saturated carbocycles. The molecule has 0 aliphatic carbocycles. The highest BCUT2D eigenvalue weighted by molar-refractivity contribution is 5.93. The van der Waals surface area contributed by atoms with E-state index in [-0.39, 0.29) is 5.97 Å². The van der Waals surface area contributed by atoms with E-state index in [4.69, 9.17) is 42.6 Å². The smallest absolute Gasteiger partial charge is 0.342 e. The Bertz CT molecular complexity index is 2140. The summed E-state index contributed by atoms with van der Waals surface area (Å²) >= 11 is 0. The average molecular weight is 1020 g/mol. The molecule has 3 aromatic rings. The van der Waals surface area contributed by atoms with Gasteiger partial charge in [0.2, 0.25) is 0 Å². The molecular weight excluding hydrogens is 933 g/mol. The van der Waals surface area contributed by atoms with Gasteiger partial charge in [0.1, 0.15) is 17.1 Å². The van der Waals surface area contributed by atoms with Gasteiger partial charge in [-0.15, -0.1) is 0 Å². The third-order valence-electron chi connectivity index (χ3n) is 11.5. The first-order valence-corrected chi connectivity index (χ1v) is 26.2. The number of unbranched alkanes of at least 4 members (excludes halogenated alkanes) is 15. The summed E-state index contributed by atoms with van der Waals surface area (Å²) in [6.45, 7) is 10.5. The van der Waals surface area contributed by atoms with Crippen LogP contribution in [-0.4, -0.2) is 91.5 Å². The van der Waals surface area contributed by atoms with Crippen LogP contribution in [0.3, 0.4) is 0 Å². The van der Waals surface area contributed by atoms with Crippen molar-refractivity contribution in [3.8, 4) is 34.5 Å². The monoisotopic (exact) mass is 1010 g/mol. The molecule has 3 aromatic carbocycles. The first-order chi connectivity index (χ1) is 35.6. The highest BCUT2D eigenvalue weighted by atomic mass is 16.5. The zero-order chi connectivity index (χ0) is 52.7. The highest BCUT2D eigenvalue weighted by Gasteiger charge is 2.17. The lowest BCUT2D eigenvalue weighted by molar-refractivity contribution is -0.139. The van der Waals surface area contributed by atoms with Gasteiger partial charge < -0.3 is 47.4 Å². The Balaban J connectivity index is 1.40. The molecule has 0 heterocycles. The van der Waals surface area contributed by atoms with Gasteiger partial charge in [-0.2, -0.15) is 0 Å². The maximum Gasteiger partial charge on any atom is 0.342 e. The van der Waals surface area contributed by atoms with Gasteiger partial charge in [0, 0.05) is 17.7 Å². The van der Waals surface area contributed by atoms with Crippen molar-refractivity contribution in [2.45, 2.75) is 136 Å². The van der Waals surface area contributed by atoms with Gasteiger partial charge in [-0.1, -0.05) is 77.0 Å². The Labute approximate surface area is 434 Å². The molecule has 0 atom stereocenters. The summed E-state index contributed by atoms with van der Waals surface area (Å²) in [5.41, 5.74) is 2.36. The number of methoxy groups -OCH3 is 3. The molecule has 14 heteroatoms. The maximum absolute atomic E-state index is 13.5. The minimum Gasteiger partial charge on any atom is -0.494 e. The standard InChI is InChI=1S/C59H82O14/c1-7-8-36-69-52-31-27-48(44-54(52)64-4)29-35-57(61)71-40-23-19-18-21-38-68-51-33-30-49(45-50(51)59(63)73-42-25-15-13-11-9-10-12-14-24-41-72-58(62)46(2)3)67-37-20-16-17-22-39-70-53-32-26-47(43-55(53)65-5)28-34-56(60)66-6/h26-35,43-45H,2,7-25,36-42H2,1,3-6H3. The number of hydrogen-bond donors (Lipinski definition) is 0. The lowest BCUT2D eigenvalue weighted by atomic mass is 10.1. The van der Waals surface area contributed by atoms with E-state index in [0.717, 1.165) is 127 Å². The number of esters is 4. The van der Waals surface area contributed by atoms with Crippen LogP contribution >= 0.6 is 0 Å². The molecule has 0 N–H and O–H groups in total. The maximum atomic E-state index is 13.5. The van der Waals surface area contributed by atoms with E-state index in [9.17, 15) is 19.2 Å². The van der Waals surface area contributed by atoms with Crippen LogP contribution in [-0.2, 0) is 33.3 Å². The minimum absolute atomic E-state index is 0.312. The summed E-state index contributed by atoms with van der Waals surface area (Å²) in [7, 11) is 4.50. The minimum atomic E-state index is -0.443. The molecule has 402 valence electrons.